The summed E-state index contributed by atoms with van der Waals surface area (Å²) in [6.07, 6.45) is 0.855. The zero-order valence-corrected chi connectivity index (χ0v) is 18.9. The Morgan fingerprint density at radius 1 is 1.12 bits per heavy atom. The van der Waals surface area contributed by atoms with Crippen LogP contribution in [0.4, 0.5) is 11.4 Å². The highest BCUT2D eigenvalue weighted by atomic mass is 32.1. The van der Waals surface area contributed by atoms with Crippen LogP contribution in [-0.4, -0.2) is 18.9 Å². The fourth-order valence-electron chi connectivity index (χ4n) is 3.65. The summed E-state index contributed by atoms with van der Waals surface area (Å²) in [5.41, 5.74) is 3.35. The van der Waals surface area contributed by atoms with E-state index in [0.717, 1.165) is 29.1 Å². The van der Waals surface area contributed by atoms with Crippen LogP contribution in [0, 0.1) is 17.0 Å². The molecule has 32 heavy (non-hydrogen) atoms. The molecule has 4 rings (SSSR count). The minimum Gasteiger partial charge on any atom is -0.316 e. The SMILES string of the molecule is CCCn1c(-c2cccc([N+](=O)[O-])c2)csc1=Nc1c(C)n(C)n(-c2ccccc2)c1=O. The Morgan fingerprint density at radius 3 is 2.56 bits per heavy atom. The molecule has 0 aliphatic heterocycles. The van der Waals surface area contributed by atoms with Crippen molar-refractivity contribution in [2.24, 2.45) is 12.0 Å². The zero-order chi connectivity index (χ0) is 22.8. The number of hydrogen-bond donors (Lipinski definition) is 0. The van der Waals surface area contributed by atoms with Crippen molar-refractivity contribution < 1.29 is 4.92 Å². The van der Waals surface area contributed by atoms with Gasteiger partial charge in [0.05, 0.1) is 22.0 Å². The van der Waals surface area contributed by atoms with E-state index < -0.39 is 4.92 Å². The first-order valence-electron chi connectivity index (χ1n) is 10.2. The fourth-order valence-corrected chi connectivity index (χ4v) is 4.59. The minimum absolute atomic E-state index is 0.0416. The van der Waals surface area contributed by atoms with E-state index in [1.165, 1.54) is 17.4 Å². The fraction of sp³-hybridized carbons (Fsp3) is 0.217. The summed E-state index contributed by atoms with van der Waals surface area (Å²) < 4.78 is 5.42. The van der Waals surface area contributed by atoms with E-state index in [9.17, 15) is 14.9 Å². The van der Waals surface area contributed by atoms with Crippen molar-refractivity contribution >= 4 is 22.7 Å². The summed E-state index contributed by atoms with van der Waals surface area (Å²) in [4.78, 5) is 29.5. The Hall–Kier alpha value is -3.72. The standard InChI is InChI=1S/C23H23N5O3S/c1-4-13-26-20(17-9-8-12-19(14-17)28(30)31)15-32-23(26)24-21-16(2)25(3)27(22(21)29)18-10-6-5-7-11-18/h5-12,14-15H,4,13H2,1-3H3. The lowest BCUT2D eigenvalue weighted by atomic mass is 10.1. The summed E-state index contributed by atoms with van der Waals surface area (Å²) in [7, 11) is 1.84. The van der Waals surface area contributed by atoms with Crippen LogP contribution in [0.2, 0.25) is 0 Å². The number of nitro benzene ring substituents is 1. The molecule has 0 saturated carbocycles. The van der Waals surface area contributed by atoms with Gasteiger partial charge in [0, 0.05) is 36.7 Å². The molecule has 164 valence electrons. The van der Waals surface area contributed by atoms with Crippen molar-refractivity contribution in [2.45, 2.75) is 26.8 Å². The van der Waals surface area contributed by atoms with Crippen LogP contribution in [0.15, 0.2) is 69.8 Å². The molecule has 2 heterocycles. The van der Waals surface area contributed by atoms with Gasteiger partial charge in [-0.05, 0) is 25.5 Å². The topological polar surface area (TPSA) is 87.4 Å². The van der Waals surface area contributed by atoms with Gasteiger partial charge in [0.2, 0.25) is 0 Å². The highest BCUT2D eigenvalue weighted by molar-refractivity contribution is 7.07. The summed E-state index contributed by atoms with van der Waals surface area (Å²) in [6.45, 7) is 4.61. The number of nitro groups is 1. The normalized spacial score (nSPS) is 11.8. The van der Waals surface area contributed by atoms with Crippen molar-refractivity contribution in [1.29, 1.82) is 0 Å². The lowest BCUT2D eigenvalue weighted by Crippen LogP contribution is -2.20. The van der Waals surface area contributed by atoms with Crippen LogP contribution in [0.25, 0.3) is 16.9 Å². The third-order valence-electron chi connectivity index (χ3n) is 5.33. The lowest BCUT2D eigenvalue weighted by Gasteiger charge is -2.07. The molecule has 2 aromatic heterocycles. The molecule has 0 saturated heterocycles. The number of aromatic nitrogens is 3. The molecule has 0 N–H and O–H groups in total. The van der Waals surface area contributed by atoms with Crippen LogP contribution < -0.4 is 10.4 Å². The van der Waals surface area contributed by atoms with Crippen LogP contribution >= 0.6 is 11.3 Å². The van der Waals surface area contributed by atoms with Gasteiger partial charge in [-0.3, -0.25) is 19.6 Å². The van der Waals surface area contributed by atoms with Crippen LogP contribution in [0.3, 0.4) is 0 Å². The van der Waals surface area contributed by atoms with Gasteiger partial charge < -0.3 is 4.57 Å². The first-order valence-corrected chi connectivity index (χ1v) is 11.1. The lowest BCUT2D eigenvalue weighted by molar-refractivity contribution is -0.384. The van der Waals surface area contributed by atoms with Gasteiger partial charge in [0.25, 0.3) is 11.2 Å². The quantitative estimate of drug-likeness (QED) is 0.319. The van der Waals surface area contributed by atoms with Gasteiger partial charge in [-0.15, -0.1) is 11.3 Å². The Balaban J connectivity index is 1.89. The maximum Gasteiger partial charge on any atom is 0.297 e. The van der Waals surface area contributed by atoms with E-state index in [1.807, 2.05) is 60.3 Å². The Morgan fingerprint density at radius 2 is 1.88 bits per heavy atom. The number of hydrogen-bond acceptors (Lipinski definition) is 5. The number of rotatable bonds is 6. The number of benzene rings is 2. The van der Waals surface area contributed by atoms with E-state index in [2.05, 4.69) is 6.92 Å². The maximum atomic E-state index is 13.2. The van der Waals surface area contributed by atoms with Crippen LogP contribution in [0.1, 0.15) is 19.0 Å². The Labute approximate surface area is 188 Å². The molecule has 8 nitrogen and oxygen atoms in total. The summed E-state index contributed by atoms with van der Waals surface area (Å²) in [5.74, 6) is 0. The van der Waals surface area contributed by atoms with Gasteiger partial charge in [-0.2, -0.15) is 0 Å². The highest BCUT2D eigenvalue weighted by Crippen LogP contribution is 2.25. The largest absolute Gasteiger partial charge is 0.316 e. The summed E-state index contributed by atoms with van der Waals surface area (Å²) >= 11 is 1.42. The first-order chi connectivity index (χ1) is 15.4. The third-order valence-corrected chi connectivity index (χ3v) is 6.19. The maximum absolute atomic E-state index is 13.2. The number of thiazole rings is 1. The molecule has 0 aliphatic rings. The average molecular weight is 450 g/mol. The first kappa shape index (κ1) is 21.5. The number of nitrogens with zero attached hydrogens (tertiary/aromatic N) is 5. The number of non-ortho nitro benzene ring substituents is 1. The van der Waals surface area contributed by atoms with Crippen LogP contribution in [-0.2, 0) is 13.6 Å². The molecule has 0 bridgehead atoms. The van der Waals surface area contributed by atoms with Gasteiger partial charge in [-0.25, -0.2) is 9.67 Å². The molecule has 4 aromatic rings. The smallest absolute Gasteiger partial charge is 0.297 e. The van der Waals surface area contributed by atoms with Crippen molar-refractivity contribution in [3.8, 4) is 16.9 Å². The Bertz CT molecular complexity index is 1410. The zero-order valence-electron chi connectivity index (χ0n) is 18.1. The van der Waals surface area contributed by atoms with Gasteiger partial charge in [0.15, 0.2) is 10.5 Å². The van der Waals surface area contributed by atoms with E-state index in [0.29, 0.717) is 17.0 Å². The Kier molecular flexibility index (Phi) is 5.91. The molecular weight excluding hydrogens is 426 g/mol. The molecule has 0 amide bonds. The molecule has 0 spiro atoms. The van der Waals surface area contributed by atoms with Gasteiger partial charge in [-0.1, -0.05) is 37.3 Å². The molecule has 0 aliphatic carbocycles. The highest BCUT2D eigenvalue weighted by Gasteiger charge is 2.17. The number of para-hydroxylation sites is 1. The van der Waals surface area contributed by atoms with Gasteiger partial charge >= 0.3 is 0 Å². The second-order valence-corrected chi connectivity index (χ2v) is 8.22. The molecule has 0 radical (unpaired) electrons. The van der Waals surface area contributed by atoms with Crippen molar-refractivity contribution in [1.82, 2.24) is 13.9 Å². The summed E-state index contributed by atoms with van der Waals surface area (Å²) in [5, 5.41) is 13.1. The molecular formula is C23H23N5O3S. The van der Waals surface area contributed by atoms with Crippen LogP contribution in [0.5, 0.6) is 0 Å². The second kappa shape index (κ2) is 8.80. The minimum atomic E-state index is -0.398. The predicted molar refractivity (Wildman–Crippen MR) is 126 cm³/mol. The van der Waals surface area contributed by atoms with Crippen molar-refractivity contribution in [3.63, 3.8) is 0 Å². The average Bonchev–Trinajstić information content (AvgIpc) is 3.28. The third kappa shape index (κ3) is 3.82. The van der Waals surface area contributed by atoms with E-state index in [1.54, 1.807) is 21.5 Å². The molecule has 0 fully saturated rings. The van der Waals surface area contributed by atoms with Gasteiger partial charge in [0.1, 0.15) is 0 Å². The van der Waals surface area contributed by atoms with E-state index in [4.69, 9.17) is 4.99 Å². The van der Waals surface area contributed by atoms with Crippen molar-refractivity contribution in [2.75, 3.05) is 0 Å². The summed E-state index contributed by atoms with van der Waals surface area (Å²) in [6, 6.07) is 16.0. The molecule has 0 atom stereocenters. The predicted octanol–water partition coefficient (Wildman–Crippen LogP) is 4.57. The van der Waals surface area contributed by atoms with Crippen molar-refractivity contribution in [3.05, 3.63) is 90.9 Å². The monoisotopic (exact) mass is 449 g/mol. The molecule has 0 unspecified atom stereocenters. The van der Waals surface area contributed by atoms with E-state index in [-0.39, 0.29) is 11.2 Å². The molecule has 2 aromatic carbocycles. The molecule has 9 heteroatoms. The second-order valence-electron chi connectivity index (χ2n) is 7.38. The van der Waals surface area contributed by atoms with E-state index >= 15 is 0 Å².